The van der Waals surface area contributed by atoms with Crippen molar-refractivity contribution in [3.63, 3.8) is 0 Å². The van der Waals surface area contributed by atoms with Gasteiger partial charge in [-0.1, -0.05) is 29.3 Å². The maximum Gasteiger partial charge on any atom is 0.270 e. The van der Waals surface area contributed by atoms with Crippen LogP contribution in [0.4, 0.5) is 5.82 Å². The Morgan fingerprint density at radius 2 is 1.91 bits per heavy atom. The summed E-state index contributed by atoms with van der Waals surface area (Å²) in [7, 11) is 0. The molecule has 1 aliphatic heterocycles. The summed E-state index contributed by atoms with van der Waals surface area (Å²) in [6.07, 6.45) is 2.06. The largest absolute Gasteiger partial charge is 0.343 e. The summed E-state index contributed by atoms with van der Waals surface area (Å²) in [5, 5.41) is 9.57. The Kier molecular flexibility index (Phi) is 3.36. The number of carbonyl (C=O) groups is 1. The van der Waals surface area contributed by atoms with E-state index >= 15 is 0 Å². The highest BCUT2D eigenvalue weighted by molar-refractivity contribution is 6.35. The molecule has 0 saturated heterocycles. The van der Waals surface area contributed by atoms with Crippen LogP contribution in [0.1, 0.15) is 36.3 Å². The number of fused-ring (bicyclic) bond motifs is 1. The van der Waals surface area contributed by atoms with Crippen LogP contribution in [0.5, 0.6) is 0 Å². The Labute approximate surface area is 141 Å². The number of Topliss-reactive ketones (excluding diaryl/α,β-unsaturated/α-hetero) is 1. The van der Waals surface area contributed by atoms with E-state index in [-0.39, 0.29) is 11.3 Å². The summed E-state index contributed by atoms with van der Waals surface area (Å²) in [4.78, 5) is 24.8. The second-order valence-corrected chi connectivity index (χ2v) is 6.60. The maximum atomic E-state index is 12.5. The van der Waals surface area contributed by atoms with Gasteiger partial charge in [-0.2, -0.15) is 0 Å². The summed E-state index contributed by atoms with van der Waals surface area (Å²) < 4.78 is 0. The molecular weight excluding hydrogens is 337 g/mol. The molecule has 1 aromatic heterocycles. The molecule has 0 radical (unpaired) electrons. The molecule has 23 heavy (non-hydrogen) atoms. The zero-order valence-electron chi connectivity index (χ0n) is 12.0. The lowest BCUT2D eigenvalue weighted by molar-refractivity contribution is -0.116. The average Bonchev–Trinajstić information content (AvgIpc) is 2.87. The van der Waals surface area contributed by atoms with Gasteiger partial charge in [-0.25, -0.2) is 0 Å². The summed E-state index contributed by atoms with van der Waals surface area (Å²) in [6.45, 7) is 0. The Hall–Kier alpha value is -1.98. The van der Waals surface area contributed by atoms with Crippen LogP contribution in [0.15, 0.2) is 34.3 Å². The summed E-state index contributed by atoms with van der Waals surface area (Å²) in [5.74, 6) is 0.175. The van der Waals surface area contributed by atoms with E-state index in [0.717, 1.165) is 18.5 Å². The van der Waals surface area contributed by atoms with E-state index < -0.39 is 5.92 Å². The third kappa shape index (κ3) is 2.23. The molecule has 0 fully saturated rings. The van der Waals surface area contributed by atoms with Crippen molar-refractivity contribution in [1.82, 2.24) is 10.2 Å². The van der Waals surface area contributed by atoms with Gasteiger partial charge in [0.15, 0.2) is 5.78 Å². The minimum absolute atomic E-state index is 0.0565. The molecule has 2 heterocycles. The fourth-order valence-electron chi connectivity index (χ4n) is 3.41. The van der Waals surface area contributed by atoms with E-state index in [1.807, 2.05) is 0 Å². The number of H-pyrrole nitrogens is 2. The maximum absolute atomic E-state index is 12.5. The average molecular weight is 350 g/mol. The Morgan fingerprint density at radius 1 is 1.09 bits per heavy atom. The van der Waals surface area contributed by atoms with Crippen molar-refractivity contribution >= 4 is 34.8 Å². The molecule has 4 rings (SSSR count). The van der Waals surface area contributed by atoms with E-state index in [4.69, 9.17) is 23.2 Å². The minimum Gasteiger partial charge on any atom is -0.343 e. The SMILES string of the molecule is O=C1CCCC2=C1[C@@H](c1ccc(Cl)cc1Cl)c1c([nH][nH]c1=O)N2. The third-order valence-corrected chi connectivity index (χ3v) is 4.96. The van der Waals surface area contributed by atoms with Crippen molar-refractivity contribution in [2.24, 2.45) is 0 Å². The van der Waals surface area contributed by atoms with Crippen LogP contribution in [0, 0.1) is 0 Å². The number of nitrogens with one attached hydrogen (secondary N) is 3. The Bertz CT molecular complexity index is 910. The first-order valence-electron chi connectivity index (χ1n) is 7.35. The highest BCUT2D eigenvalue weighted by Crippen LogP contribution is 2.45. The topological polar surface area (TPSA) is 77.8 Å². The molecule has 3 N–H and O–H groups in total. The first-order chi connectivity index (χ1) is 11.1. The summed E-state index contributed by atoms with van der Waals surface area (Å²) >= 11 is 12.3. The normalized spacial score (nSPS) is 20.1. The number of ketones is 1. The smallest absolute Gasteiger partial charge is 0.270 e. The molecule has 0 spiro atoms. The van der Waals surface area contributed by atoms with E-state index in [1.165, 1.54) is 0 Å². The molecule has 118 valence electrons. The number of allylic oxidation sites excluding steroid dienone is 2. The van der Waals surface area contributed by atoms with Gasteiger partial charge in [0.05, 0.1) is 5.56 Å². The van der Waals surface area contributed by atoms with Crippen molar-refractivity contribution in [2.75, 3.05) is 5.32 Å². The lowest BCUT2D eigenvalue weighted by Gasteiger charge is -2.31. The van der Waals surface area contributed by atoms with Crippen molar-refractivity contribution in [3.8, 4) is 0 Å². The van der Waals surface area contributed by atoms with Gasteiger partial charge >= 0.3 is 0 Å². The highest BCUT2D eigenvalue weighted by atomic mass is 35.5. The zero-order valence-corrected chi connectivity index (χ0v) is 13.5. The molecule has 0 bridgehead atoms. The van der Waals surface area contributed by atoms with Gasteiger partial charge in [0.1, 0.15) is 5.82 Å². The van der Waals surface area contributed by atoms with Crippen LogP contribution in [-0.4, -0.2) is 16.0 Å². The molecule has 7 heteroatoms. The molecule has 0 unspecified atom stereocenters. The molecule has 2 aromatic rings. The summed E-state index contributed by atoms with van der Waals surface area (Å²) in [5.41, 5.74) is 2.45. The monoisotopic (exact) mass is 349 g/mol. The van der Waals surface area contributed by atoms with Gasteiger partial charge in [-0.3, -0.25) is 19.8 Å². The number of aromatic nitrogens is 2. The number of carbonyl (C=O) groups excluding carboxylic acids is 1. The number of aromatic amines is 2. The van der Waals surface area contributed by atoms with Crippen LogP contribution in [0.2, 0.25) is 10.0 Å². The van der Waals surface area contributed by atoms with E-state index in [9.17, 15) is 9.59 Å². The predicted octanol–water partition coefficient (Wildman–Crippen LogP) is 3.57. The number of hydrogen-bond acceptors (Lipinski definition) is 3. The van der Waals surface area contributed by atoms with Gasteiger partial charge in [-0.05, 0) is 30.5 Å². The van der Waals surface area contributed by atoms with Crippen LogP contribution in [-0.2, 0) is 4.79 Å². The van der Waals surface area contributed by atoms with Gasteiger partial charge in [-0.15, -0.1) is 0 Å². The lowest BCUT2D eigenvalue weighted by atomic mass is 9.77. The van der Waals surface area contributed by atoms with E-state index in [0.29, 0.717) is 39.0 Å². The lowest BCUT2D eigenvalue weighted by Crippen LogP contribution is -2.29. The number of hydrogen-bond donors (Lipinski definition) is 3. The van der Waals surface area contributed by atoms with Gasteiger partial charge in [0.2, 0.25) is 0 Å². The molecule has 0 saturated carbocycles. The van der Waals surface area contributed by atoms with E-state index in [1.54, 1.807) is 18.2 Å². The molecule has 5 nitrogen and oxygen atoms in total. The Morgan fingerprint density at radius 3 is 2.70 bits per heavy atom. The van der Waals surface area contributed by atoms with Gasteiger partial charge < -0.3 is 5.32 Å². The van der Waals surface area contributed by atoms with Crippen molar-refractivity contribution < 1.29 is 4.79 Å². The first-order valence-corrected chi connectivity index (χ1v) is 8.10. The van der Waals surface area contributed by atoms with Crippen molar-refractivity contribution in [2.45, 2.75) is 25.2 Å². The van der Waals surface area contributed by atoms with Crippen LogP contribution >= 0.6 is 23.2 Å². The molecule has 1 aromatic carbocycles. The minimum atomic E-state index is -0.478. The van der Waals surface area contributed by atoms with Gasteiger partial charge in [0, 0.05) is 33.7 Å². The predicted molar refractivity (Wildman–Crippen MR) is 89.2 cm³/mol. The number of anilines is 1. The van der Waals surface area contributed by atoms with Crippen molar-refractivity contribution in [3.05, 3.63) is 61.0 Å². The number of rotatable bonds is 1. The third-order valence-electron chi connectivity index (χ3n) is 4.40. The first kappa shape index (κ1) is 14.6. The quantitative estimate of drug-likeness (QED) is 0.736. The van der Waals surface area contributed by atoms with Gasteiger partial charge in [0.25, 0.3) is 5.56 Å². The molecule has 1 atom stereocenters. The number of benzene rings is 1. The molecular formula is C16H13Cl2N3O2. The standard InChI is InChI=1S/C16H13Cl2N3O2/c17-7-4-5-8(9(18)6-7)12-13-10(2-1-3-11(13)22)19-15-14(12)16(23)21-20-15/h4-6,12H,1-3H2,(H3,19,20,21,23)/t12-/m1/s1. The fourth-order valence-corrected chi connectivity index (χ4v) is 3.93. The Balaban J connectivity index is 2.00. The molecule has 0 amide bonds. The molecule has 1 aliphatic carbocycles. The van der Waals surface area contributed by atoms with Crippen LogP contribution in [0.3, 0.4) is 0 Å². The fraction of sp³-hybridized carbons (Fsp3) is 0.250. The van der Waals surface area contributed by atoms with Crippen molar-refractivity contribution in [1.29, 1.82) is 0 Å². The molecule has 2 aliphatic rings. The number of halogens is 2. The second kappa shape index (κ2) is 5.28. The zero-order chi connectivity index (χ0) is 16.1. The summed E-state index contributed by atoms with van der Waals surface area (Å²) in [6, 6.07) is 5.14. The van der Waals surface area contributed by atoms with Crippen LogP contribution < -0.4 is 10.9 Å². The highest BCUT2D eigenvalue weighted by Gasteiger charge is 2.38. The van der Waals surface area contributed by atoms with E-state index in [2.05, 4.69) is 15.5 Å². The second-order valence-electron chi connectivity index (χ2n) is 5.76. The van der Waals surface area contributed by atoms with Crippen LogP contribution in [0.25, 0.3) is 0 Å².